The second-order valence-electron chi connectivity index (χ2n) is 16.7. The third-order valence-corrected chi connectivity index (χ3v) is 12.1. The van der Waals surface area contributed by atoms with E-state index in [1.165, 1.54) is 6.20 Å². The third kappa shape index (κ3) is 12.2. The molecule has 2 aromatic carbocycles. The molecule has 0 saturated carbocycles. The number of nitrogens with zero attached hydrogens (tertiary/aromatic N) is 10. The summed E-state index contributed by atoms with van der Waals surface area (Å²) in [6.07, 6.45) is 10.1. The normalized spacial score (nSPS) is 15.5. The highest BCUT2D eigenvalue weighted by molar-refractivity contribution is 14.1. The minimum Gasteiger partial charge on any atom is -0.493 e. The number of fused-ring (bicyclic) bond motifs is 10. The van der Waals surface area contributed by atoms with Crippen LogP contribution in [-0.4, -0.2) is 91.7 Å². The molecular formula is C50H50BIN12O6. The summed E-state index contributed by atoms with van der Waals surface area (Å²) in [7, 11) is -1.41. The number of carbonyl (C=O) groups is 2. The van der Waals surface area contributed by atoms with Crippen LogP contribution in [0.1, 0.15) is 83.7 Å². The van der Waals surface area contributed by atoms with Gasteiger partial charge in [0.1, 0.15) is 47.2 Å². The standard InChI is InChI=1S/C25H24N6O2.C19H18IN5O2.C6H8BNO2/c1-16-8-9-19(14-26-16)18-10-11-22-20(13-18)25(32)29-23-7-3-6-21(28-23)24-30-27-15-31(24)17(2)5-4-12-33-22;1-12-4-3-9-27-16-8-7-13(20)10-14(16)19(26)23-17-6-2-5-15(22-17)18-24-21-11-25(12)18;1-5-2-3-6(4-8-5)7(9)10/h3,6-11,13-15,17H,4-5,12H2,1-2H3,(H,28,29,32);2,5-8,10-12H,3-4,9H2,1H3,(H,22,23,26);2-4,9-10H,1H3. The van der Waals surface area contributed by atoms with Gasteiger partial charge in [-0.1, -0.05) is 30.3 Å². The zero-order valence-corrected chi connectivity index (χ0v) is 41.1. The maximum Gasteiger partial charge on any atom is 0.490 e. The maximum absolute atomic E-state index is 13.3. The summed E-state index contributed by atoms with van der Waals surface area (Å²) in [6.45, 7) is 9.07. The Kier molecular flexibility index (Phi) is 16.0. The number of ether oxygens (including phenoxy) is 2. The van der Waals surface area contributed by atoms with Crippen molar-refractivity contribution in [2.24, 2.45) is 0 Å². The SMILES string of the molecule is CC1CCCOc2ccc(I)cc2C(=O)Nc2cccc(n2)-c2nncn21.Cc1ccc(-c2ccc3c(c2)C(=O)Nc2cccc(n2)-c2nncn2C(C)CCCO3)cn1.Cc1ccc(B(O)O)cn1. The Labute approximate surface area is 418 Å². The van der Waals surface area contributed by atoms with Crippen LogP contribution in [-0.2, 0) is 0 Å². The van der Waals surface area contributed by atoms with E-state index in [1.54, 1.807) is 43.1 Å². The fourth-order valence-corrected chi connectivity index (χ4v) is 8.10. The molecule has 356 valence electrons. The molecule has 10 rings (SSSR count). The zero-order valence-electron chi connectivity index (χ0n) is 38.9. The molecule has 0 aliphatic carbocycles. The molecule has 0 spiro atoms. The van der Waals surface area contributed by atoms with Crippen molar-refractivity contribution < 1.29 is 29.1 Å². The van der Waals surface area contributed by atoms with Gasteiger partial charge in [-0.25, -0.2) is 9.97 Å². The lowest BCUT2D eigenvalue weighted by Gasteiger charge is -2.18. The number of aromatic nitrogens is 10. The summed E-state index contributed by atoms with van der Waals surface area (Å²) in [4.78, 5) is 43.5. The van der Waals surface area contributed by atoms with Crippen LogP contribution in [0.15, 0.2) is 122 Å². The van der Waals surface area contributed by atoms with Gasteiger partial charge in [-0.2, -0.15) is 0 Å². The summed E-state index contributed by atoms with van der Waals surface area (Å²) in [5.41, 5.74) is 6.34. The average Bonchev–Trinajstić information content (AvgIpc) is 4.07. The van der Waals surface area contributed by atoms with E-state index in [0.29, 0.717) is 76.0 Å². The van der Waals surface area contributed by atoms with E-state index in [1.807, 2.05) is 95.8 Å². The van der Waals surface area contributed by atoms with Crippen molar-refractivity contribution in [3.63, 3.8) is 0 Å². The van der Waals surface area contributed by atoms with E-state index in [0.717, 1.165) is 51.8 Å². The molecule has 2 aliphatic rings. The average molecular weight is 1050 g/mol. The van der Waals surface area contributed by atoms with Crippen LogP contribution >= 0.6 is 22.6 Å². The highest BCUT2D eigenvalue weighted by Gasteiger charge is 2.21. The Bertz CT molecular complexity index is 3080. The molecule has 4 N–H and O–H groups in total. The Morgan fingerprint density at radius 2 is 1.16 bits per heavy atom. The van der Waals surface area contributed by atoms with Crippen molar-refractivity contribution in [2.45, 2.75) is 65.5 Å². The van der Waals surface area contributed by atoms with Crippen LogP contribution in [0, 0.1) is 17.4 Å². The Morgan fingerprint density at radius 1 is 0.643 bits per heavy atom. The number of aryl methyl sites for hydroxylation is 2. The van der Waals surface area contributed by atoms with Crippen molar-refractivity contribution in [3.8, 4) is 45.7 Å². The molecule has 2 unspecified atom stereocenters. The van der Waals surface area contributed by atoms with Gasteiger partial charge in [0.25, 0.3) is 11.8 Å². The molecule has 20 heteroatoms. The summed E-state index contributed by atoms with van der Waals surface area (Å²) < 4.78 is 16.9. The summed E-state index contributed by atoms with van der Waals surface area (Å²) in [6, 6.07) is 29.9. The van der Waals surface area contributed by atoms with E-state index in [4.69, 9.17) is 19.5 Å². The minimum absolute atomic E-state index is 0.178. The molecule has 2 amide bonds. The Balaban J connectivity index is 0.000000160. The molecule has 0 radical (unpaired) electrons. The van der Waals surface area contributed by atoms with Crippen molar-refractivity contribution in [1.82, 2.24) is 49.5 Å². The van der Waals surface area contributed by atoms with Gasteiger partial charge in [0.15, 0.2) is 11.6 Å². The first-order valence-electron chi connectivity index (χ1n) is 22.7. The van der Waals surface area contributed by atoms with Gasteiger partial charge in [-0.3, -0.25) is 19.6 Å². The molecule has 18 nitrogen and oxygen atoms in total. The predicted molar refractivity (Wildman–Crippen MR) is 274 cm³/mol. The molecule has 6 aromatic heterocycles. The van der Waals surface area contributed by atoms with Crippen LogP contribution in [0.2, 0.25) is 0 Å². The van der Waals surface area contributed by atoms with Gasteiger partial charge in [-0.15, -0.1) is 20.4 Å². The molecule has 0 saturated heterocycles. The number of pyridine rings is 4. The fourth-order valence-electron chi connectivity index (χ4n) is 7.61. The molecule has 2 aliphatic heterocycles. The molecule has 8 heterocycles. The third-order valence-electron chi connectivity index (χ3n) is 11.5. The van der Waals surface area contributed by atoms with Crippen LogP contribution in [0.3, 0.4) is 0 Å². The summed E-state index contributed by atoms with van der Waals surface area (Å²) >= 11 is 2.19. The molecule has 70 heavy (non-hydrogen) atoms. The monoisotopic (exact) mass is 1050 g/mol. The molecule has 8 aromatic rings. The van der Waals surface area contributed by atoms with E-state index >= 15 is 0 Å². The van der Waals surface area contributed by atoms with E-state index < -0.39 is 7.12 Å². The van der Waals surface area contributed by atoms with Gasteiger partial charge in [-0.05, 0) is 148 Å². The van der Waals surface area contributed by atoms with E-state index in [9.17, 15) is 9.59 Å². The summed E-state index contributed by atoms with van der Waals surface area (Å²) in [5, 5.41) is 39.6. The first-order valence-corrected chi connectivity index (χ1v) is 23.8. The van der Waals surface area contributed by atoms with Crippen molar-refractivity contribution >= 4 is 58.6 Å². The fraction of sp³-hybridized carbons (Fsp3) is 0.240. The summed E-state index contributed by atoms with van der Waals surface area (Å²) in [5.74, 6) is 2.84. The number of nitrogens with one attached hydrogen (secondary N) is 2. The van der Waals surface area contributed by atoms with E-state index in [2.05, 4.69) is 87.4 Å². The van der Waals surface area contributed by atoms with Gasteiger partial charge in [0.2, 0.25) is 0 Å². The van der Waals surface area contributed by atoms with Crippen molar-refractivity contribution in [2.75, 3.05) is 23.8 Å². The quantitative estimate of drug-likeness (QED) is 0.0961. The zero-order chi connectivity index (χ0) is 49.1. The largest absolute Gasteiger partial charge is 0.493 e. The lowest BCUT2D eigenvalue weighted by Crippen LogP contribution is -2.29. The first-order chi connectivity index (χ1) is 33.9. The van der Waals surface area contributed by atoms with Crippen LogP contribution in [0.5, 0.6) is 11.5 Å². The number of rotatable bonds is 2. The topological polar surface area (TPSA) is 230 Å². The molecule has 0 fully saturated rings. The molecule has 2 atom stereocenters. The second-order valence-corrected chi connectivity index (χ2v) is 17.9. The number of amides is 2. The highest BCUT2D eigenvalue weighted by atomic mass is 127. The second kappa shape index (κ2) is 22.8. The van der Waals surface area contributed by atoms with Crippen LogP contribution in [0.25, 0.3) is 34.2 Å². The lowest BCUT2D eigenvalue weighted by molar-refractivity contribution is 0.101. The van der Waals surface area contributed by atoms with Crippen molar-refractivity contribution in [3.05, 3.63) is 148 Å². The number of benzene rings is 2. The molecular weight excluding hydrogens is 1000 g/mol. The smallest absolute Gasteiger partial charge is 0.490 e. The lowest BCUT2D eigenvalue weighted by atomic mass is 9.82. The van der Waals surface area contributed by atoms with Gasteiger partial charge >= 0.3 is 7.12 Å². The van der Waals surface area contributed by atoms with Crippen LogP contribution in [0.4, 0.5) is 11.6 Å². The number of hydrogen-bond donors (Lipinski definition) is 4. The van der Waals surface area contributed by atoms with Gasteiger partial charge < -0.3 is 39.3 Å². The van der Waals surface area contributed by atoms with Crippen molar-refractivity contribution in [1.29, 1.82) is 0 Å². The number of anilines is 2. The predicted octanol–water partition coefficient (Wildman–Crippen LogP) is 7.70. The Hall–Kier alpha value is -7.43. The minimum atomic E-state index is -1.41. The molecule has 4 bridgehead atoms. The number of carbonyl (C=O) groups excluding carboxylic acids is 2. The Morgan fingerprint density at radius 3 is 1.67 bits per heavy atom. The maximum atomic E-state index is 13.3. The van der Waals surface area contributed by atoms with Gasteiger partial charge in [0, 0.05) is 50.5 Å². The van der Waals surface area contributed by atoms with E-state index in [-0.39, 0.29) is 23.9 Å². The number of halogens is 1. The first kappa shape index (κ1) is 49.0. The van der Waals surface area contributed by atoms with Gasteiger partial charge in [0.05, 0.1) is 24.3 Å². The highest BCUT2D eigenvalue weighted by Crippen LogP contribution is 2.30. The number of hydrogen-bond acceptors (Lipinski definition) is 14. The van der Waals surface area contributed by atoms with Crippen LogP contribution < -0.4 is 25.6 Å².